The van der Waals surface area contributed by atoms with Crippen LogP contribution in [0.4, 0.5) is 0 Å². The number of nitrogens with zero attached hydrogens (tertiary/aromatic N) is 1. The van der Waals surface area contributed by atoms with Gasteiger partial charge in [-0.3, -0.25) is 4.79 Å². The van der Waals surface area contributed by atoms with E-state index in [4.69, 9.17) is 10.00 Å². The number of carbonyl (C=O) groups excluding carboxylic acids is 1. The van der Waals surface area contributed by atoms with E-state index in [2.05, 4.69) is 6.07 Å². The lowest BCUT2D eigenvalue weighted by Gasteiger charge is -2.11. The summed E-state index contributed by atoms with van der Waals surface area (Å²) in [7, 11) is 0. The highest BCUT2D eigenvalue weighted by Gasteiger charge is 2.19. The first-order chi connectivity index (χ1) is 8.58. The van der Waals surface area contributed by atoms with Crippen LogP contribution >= 0.6 is 0 Å². The topological polar surface area (TPSA) is 50.1 Å². The largest absolute Gasteiger partial charge is 0.491 e. The van der Waals surface area contributed by atoms with E-state index in [9.17, 15) is 4.79 Å². The van der Waals surface area contributed by atoms with Crippen molar-refractivity contribution in [1.82, 2.24) is 0 Å². The SMILES string of the molecule is CCCC(C#N)C(=O)c1cccc(OC(C)C)c1. The number of ether oxygens (including phenoxy) is 1. The number of benzene rings is 1. The number of hydrogen-bond donors (Lipinski definition) is 0. The van der Waals surface area contributed by atoms with Gasteiger partial charge in [0.1, 0.15) is 11.7 Å². The Labute approximate surface area is 108 Å². The van der Waals surface area contributed by atoms with Crippen molar-refractivity contribution in [2.24, 2.45) is 5.92 Å². The molecule has 0 aliphatic carbocycles. The summed E-state index contributed by atoms with van der Waals surface area (Å²) in [6, 6.07) is 9.11. The van der Waals surface area contributed by atoms with E-state index in [0.717, 1.165) is 6.42 Å². The normalized spacial score (nSPS) is 11.9. The molecular formula is C15H19NO2. The first-order valence-corrected chi connectivity index (χ1v) is 6.29. The number of hydrogen-bond acceptors (Lipinski definition) is 3. The molecule has 1 rings (SSSR count). The van der Waals surface area contributed by atoms with Crippen molar-refractivity contribution >= 4 is 5.78 Å². The van der Waals surface area contributed by atoms with E-state index in [1.54, 1.807) is 18.2 Å². The highest BCUT2D eigenvalue weighted by Crippen LogP contribution is 2.19. The average molecular weight is 245 g/mol. The summed E-state index contributed by atoms with van der Waals surface area (Å²) in [5.41, 5.74) is 0.549. The van der Waals surface area contributed by atoms with E-state index < -0.39 is 5.92 Å². The van der Waals surface area contributed by atoms with Gasteiger partial charge >= 0.3 is 0 Å². The van der Waals surface area contributed by atoms with Gasteiger partial charge in [0.15, 0.2) is 5.78 Å². The van der Waals surface area contributed by atoms with Crippen LogP contribution in [0.3, 0.4) is 0 Å². The van der Waals surface area contributed by atoms with E-state index in [1.807, 2.05) is 26.8 Å². The molecular weight excluding hydrogens is 226 g/mol. The zero-order valence-electron chi connectivity index (χ0n) is 11.1. The molecule has 0 heterocycles. The molecule has 3 heteroatoms. The predicted octanol–water partition coefficient (Wildman–Crippen LogP) is 3.60. The minimum absolute atomic E-state index is 0.0674. The Hall–Kier alpha value is -1.82. The summed E-state index contributed by atoms with van der Waals surface area (Å²) in [4.78, 5) is 12.1. The molecule has 96 valence electrons. The Morgan fingerprint density at radius 1 is 1.44 bits per heavy atom. The van der Waals surface area contributed by atoms with E-state index in [-0.39, 0.29) is 11.9 Å². The molecule has 0 aliphatic heterocycles. The average Bonchev–Trinajstić information content (AvgIpc) is 2.34. The molecule has 0 aromatic heterocycles. The van der Waals surface area contributed by atoms with Gasteiger partial charge in [-0.05, 0) is 32.4 Å². The molecule has 0 aliphatic rings. The third-order valence-corrected chi connectivity index (χ3v) is 2.54. The summed E-state index contributed by atoms with van der Waals surface area (Å²) in [6.45, 7) is 5.84. The summed E-state index contributed by atoms with van der Waals surface area (Å²) >= 11 is 0. The molecule has 1 aromatic rings. The van der Waals surface area contributed by atoms with Crippen molar-refractivity contribution in [3.05, 3.63) is 29.8 Å². The molecule has 1 unspecified atom stereocenters. The van der Waals surface area contributed by atoms with E-state index in [0.29, 0.717) is 17.7 Å². The van der Waals surface area contributed by atoms with Crippen LogP contribution in [0.2, 0.25) is 0 Å². The van der Waals surface area contributed by atoms with Crippen LogP contribution in [0, 0.1) is 17.2 Å². The molecule has 0 saturated carbocycles. The Balaban J connectivity index is 2.89. The van der Waals surface area contributed by atoms with Gasteiger partial charge in [0.2, 0.25) is 0 Å². The Bertz CT molecular complexity index is 446. The Morgan fingerprint density at radius 2 is 2.17 bits per heavy atom. The molecule has 18 heavy (non-hydrogen) atoms. The van der Waals surface area contributed by atoms with Gasteiger partial charge in [-0.25, -0.2) is 0 Å². The maximum absolute atomic E-state index is 12.1. The molecule has 0 fully saturated rings. The van der Waals surface area contributed by atoms with Gasteiger partial charge in [-0.15, -0.1) is 0 Å². The lowest BCUT2D eigenvalue weighted by atomic mass is 9.95. The smallest absolute Gasteiger partial charge is 0.180 e. The summed E-state index contributed by atoms with van der Waals surface area (Å²) < 4.78 is 5.54. The molecule has 0 N–H and O–H groups in total. The van der Waals surface area contributed by atoms with Crippen LogP contribution in [-0.4, -0.2) is 11.9 Å². The minimum atomic E-state index is -0.552. The highest BCUT2D eigenvalue weighted by atomic mass is 16.5. The van der Waals surface area contributed by atoms with Crippen molar-refractivity contribution in [2.45, 2.75) is 39.7 Å². The zero-order chi connectivity index (χ0) is 13.5. The molecule has 0 bridgehead atoms. The molecule has 1 atom stereocenters. The molecule has 3 nitrogen and oxygen atoms in total. The van der Waals surface area contributed by atoms with Crippen LogP contribution in [0.5, 0.6) is 5.75 Å². The molecule has 1 aromatic carbocycles. The fourth-order valence-electron chi connectivity index (χ4n) is 1.74. The Morgan fingerprint density at radius 3 is 2.72 bits per heavy atom. The number of carbonyl (C=O) groups is 1. The molecule has 0 amide bonds. The first-order valence-electron chi connectivity index (χ1n) is 6.29. The zero-order valence-corrected chi connectivity index (χ0v) is 11.1. The lowest BCUT2D eigenvalue weighted by Crippen LogP contribution is -2.13. The second-order valence-corrected chi connectivity index (χ2v) is 4.53. The second-order valence-electron chi connectivity index (χ2n) is 4.53. The molecule has 0 radical (unpaired) electrons. The van der Waals surface area contributed by atoms with Crippen molar-refractivity contribution in [3.8, 4) is 11.8 Å². The van der Waals surface area contributed by atoms with Crippen molar-refractivity contribution in [3.63, 3.8) is 0 Å². The summed E-state index contributed by atoms with van der Waals surface area (Å²) in [6.07, 6.45) is 1.49. The highest BCUT2D eigenvalue weighted by molar-refractivity contribution is 5.99. The van der Waals surface area contributed by atoms with Crippen LogP contribution < -0.4 is 4.74 Å². The van der Waals surface area contributed by atoms with Crippen LogP contribution in [0.1, 0.15) is 44.0 Å². The quantitative estimate of drug-likeness (QED) is 0.719. The summed E-state index contributed by atoms with van der Waals surface area (Å²) in [5, 5.41) is 9.00. The number of Topliss-reactive ketones (excluding diaryl/α,β-unsaturated/α-hetero) is 1. The van der Waals surface area contributed by atoms with Gasteiger partial charge in [0, 0.05) is 5.56 Å². The Kier molecular flexibility index (Phi) is 5.38. The maximum atomic E-state index is 12.1. The lowest BCUT2D eigenvalue weighted by molar-refractivity contribution is 0.0943. The van der Waals surface area contributed by atoms with E-state index >= 15 is 0 Å². The minimum Gasteiger partial charge on any atom is -0.491 e. The van der Waals surface area contributed by atoms with Crippen LogP contribution in [0.15, 0.2) is 24.3 Å². The second kappa shape index (κ2) is 6.80. The first kappa shape index (κ1) is 14.2. The molecule has 0 saturated heterocycles. The molecule has 0 spiro atoms. The van der Waals surface area contributed by atoms with Gasteiger partial charge < -0.3 is 4.74 Å². The third kappa shape index (κ3) is 3.89. The van der Waals surface area contributed by atoms with Gasteiger partial charge in [-0.1, -0.05) is 25.5 Å². The van der Waals surface area contributed by atoms with Gasteiger partial charge in [0.05, 0.1) is 12.2 Å². The van der Waals surface area contributed by atoms with Crippen molar-refractivity contribution in [2.75, 3.05) is 0 Å². The number of ketones is 1. The fourth-order valence-corrected chi connectivity index (χ4v) is 1.74. The number of nitriles is 1. The maximum Gasteiger partial charge on any atom is 0.180 e. The van der Waals surface area contributed by atoms with Crippen LogP contribution in [-0.2, 0) is 0 Å². The fraction of sp³-hybridized carbons (Fsp3) is 0.467. The van der Waals surface area contributed by atoms with E-state index in [1.165, 1.54) is 0 Å². The van der Waals surface area contributed by atoms with Gasteiger partial charge in [-0.2, -0.15) is 5.26 Å². The monoisotopic (exact) mass is 245 g/mol. The summed E-state index contributed by atoms with van der Waals surface area (Å²) in [5.74, 6) is 0.00175. The van der Waals surface area contributed by atoms with Crippen molar-refractivity contribution in [1.29, 1.82) is 5.26 Å². The third-order valence-electron chi connectivity index (χ3n) is 2.54. The predicted molar refractivity (Wildman–Crippen MR) is 70.5 cm³/mol. The standard InChI is InChI=1S/C15H19NO2/c1-4-6-13(10-16)15(17)12-7-5-8-14(9-12)18-11(2)3/h5,7-9,11,13H,4,6H2,1-3H3. The van der Waals surface area contributed by atoms with Crippen LogP contribution in [0.25, 0.3) is 0 Å². The number of rotatable bonds is 6. The van der Waals surface area contributed by atoms with Gasteiger partial charge in [0.25, 0.3) is 0 Å². The van der Waals surface area contributed by atoms with Crippen molar-refractivity contribution < 1.29 is 9.53 Å².